The van der Waals surface area contributed by atoms with E-state index in [0.29, 0.717) is 16.5 Å². The van der Waals surface area contributed by atoms with Gasteiger partial charge in [0.15, 0.2) is 0 Å². The Kier molecular flexibility index (Phi) is 5.89. The molecule has 128 valence electrons. The van der Waals surface area contributed by atoms with Crippen molar-refractivity contribution < 1.29 is 9.53 Å². The van der Waals surface area contributed by atoms with Gasteiger partial charge in [0.1, 0.15) is 5.75 Å². The predicted octanol–water partition coefficient (Wildman–Crippen LogP) is 5.27. The van der Waals surface area contributed by atoms with Gasteiger partial charge >= 0.3 is 0 Å². The maximum Gasteiger partial charge on any atom is 0.251 e. The van der Waals surface area contributed by atoms with Crippen LogP contribution in [0.2, 0.25) is 5.02 Å². The van der Waals surface area contributed by atoms with E-state index in [4.69, 9.17) is 16.3 Å². The fourth-order valence-electron chi connectivity index (χ4n) is 2.80. The minimum atomic E-state index is -0.133. The Morgan fingerprint density at radius 3 is 2.42 bits per heavy atom. The highest BCUT2D eigenvalue weighted by Gasteiger charge is 2.17. The van der Waals surface area contributed by atoms with E-state index in [1.807, 2.05) is 19.9 Å². The highest BCUT2D eigenvalue weighted by Crippen LogP contribution is 2.32. The fraction of sp³-hybridized carbons (Fsp3) is 0.350. The molecule has 0 heterocycles. The minimum Gasteiger partial charge on any atom is -0.496 e. The minimum absolute atomic E-state index is 0.111. The summed E-state index contributed by atoms with van der Waals surface area (Å²) in [4.78, 5) is 12.4. The van der Waals surface area contributed by atoms with Crippen LogP contribution in [-0.4, -0.2) is 13.0 Å². The second kappa shape index (κ2) is 7.71. The lowest BCUT2D eigenvalue weighted by molar-refractivity contribution is 0.0940. The second-order valence-electron chi connectivity index (χ2n) is 6.31. The highest BCUT2D eigenvalue weighted by atomic mass is 35.5. The maximum atomic E-state index is 12.4. The van der Waals surface area contributed by atoms with E-state index >= 15 is 0 Å². The Morgan fingerprint density at radius 1 is 1.12 bits per heavy atom. The third-order valence-electron chi connectivity index (χ3n) is 4.14. The zero-order valence-electron chi connectivity index (χ0n) is 14.8. The smallest absolute Gasteiger partial charge is 0.251 e. The normalized spacial score (nSPS) is 12.1. The van der Waals surface area contributed by atoms with Crippen LogP contribution >= 0.6 is 11.6 Å². The van der Waals surface area contributed by atoms with Gasteiger partial charge in [-0.15, -0.1) is 0 Å². The zero-order valence-corrected chi connectivity index (χ0v) is 15.6. The number of ether oxygens (including phenoxy) is 1. The van der Waals surface area contributed by atoms with Gasteiger partial charge < -0.3 is 10.1 Å². The molecule has 0 saturated heterocycles. The SMILES string of the molecule is COc1cc(C)c([C@@H](C)NC(=O)c2cccc(Cl)c2)cc1C(C)C. The Morgan fingerprint density at radius 2 is 1.83 bits per heavy atom. The molecule has 0 fully saturated rings. The van der Waals surface area contributed by atoms with Crippen LogP contribution in [-0.2, 0) is 0 Å². The molecular formula is C20H24ClNO2. The summed E-state index contributed by atoms with van der Waals surface area (Å²) in [5.41, 5.74) is 3.89. The summed E-state index contributed by atoms with van der Waals surface area (Å²) in [6.07, 6.45) is 0. The number of rotatable bonds is 5. The van der Waals surface area contributed by atoms with E-state index < -0.39 is 0 Å². The van der Waals surface area contributed by atoms with Crippen molar-refractivity contribution in [1.82, 2.24) is 5.32 Å². The summed E-state index contributed by atoms with van der Waals surface area (Å²) in [5, 5.41) is 3.60. The van der Waals surface area contributed by atoms with Gasteiger partial charge in [0.25, 0.3) is 5.91 Å². The van der Waals surface area contributed by atoms with Crippen LogP contribution in [0, 0.1) is 6.92 Å². The van der Waals surface area contributed by atoms with Gasteiger partial charge in [-0.3, -0.25) is 4.79 Å². The molecule has 0 aromatic heterocycles. The summed E-state index contributed by atoms with van der Waals surface area (Å²) in [5.74, 6) is 1.10. The van der Waals surface area contributed by atoms with E-state index in [2.05, 4.69) is 25.2 Å². The number of nitrogens with one attached hydrogen (secondary N) is 1. The lowest BCUT2D eigenvalue weighted by Crippen LogP contribution is -2.27. The number of halogens is 1. The molecule has 0 aliphatic rings. The molecule has 4 heteroatoms. The first-order valence-electron chi connectivity index (χ1n) is 8.08. The van der Waals surface area contributed by atoms with Crippen molar-refractivity contribution in [2.45, 2.75) is 39.7 Å². The zero-order chi connectivity index (χ0) is 17.9. The van der Waals surface area contributed by atoms with Crippen molar-refractivity contribution in [2.24, 2.45) is 0 Å². The Hall–Kier alpha value is -2.00. The Balaban J connectivity index is 2.27. The van der Waals surface area contributed by atoms with Gasteiger partial charge in [-0.2, -0.15) is 0 Å². The predicted molar refractivity (Wildman–Crippen MR) is 99.2 cm³/mol. The number of hydrogen-bond donors (Lipinski definition) is 1. The van der Waals surface area contributed by atoms with Crippen LogP contribution in [0.5, 0.6) is 5.75 Å². The number of hydrogen-bond acceptors (Lipinski definition) is 2. The van der Waals surface area contributed by atoms with Crippen molar-refractivity contribution in [1.29, 1.82) is 0 Å². The van der Waals surface area contributed by atoms with Crippen molar-refractivity contribution in [3.63, 3.8) is 0 Å². The topological polar surface area (TPSA) is 38.3 Å². The summed E-state index contributed by atoms with van der Waals surface area (Å²) in [6, 6.07) is 11.0. The third-order valence-corrected chi connectivity index (χ3v) is 4.38. The average molecular weight is 346 g/mol. The van der Waals surface area contributed by atoms with E-state index in [0.717, 1.165) is 22.4 Å². The molecule has 2 aromatic carbocycles. The number of carbonyl (C=O) groups excluding carboxylic acids is 1. The Bertz CT molecular complexity index is 740. The van der Waals surface area contributed by atoms with Crippen molar-refractivity contribution in [3.05, 3.63) is 63.7 Å². The van der Waals surface area contributed by atoms with Crippen molar-refractivity contribution in [3.8, 4) is 5.75 Å². The van der Waals surface area contributed by atoms with E-state index in [1.165, 1.54) is 0 Å². The molecule has 0 spiro atoms. The summed E-state index contributed by atoms with van der Waals surface area (Å²) in [6.45, 7) is 8.28. The molecule has 1 amide bonds. The summed E-state index contributed by atoms with van der Waals surface area (Å²) >= 11 is 5.96. The lowest BCUT2D eigenvalue weighted by atomic mass is 9.93. The van der Waals surface area contributed by atoms with Gasteiger partial charge in [-0.25, -0.2) is 0 Å². The standard InChI is InChI=1S/C20H24ClNO2/c1-12(2)17-11-18(13(3)9-19(17)24-5)14(4)22-20(23)15-7-6-8-16(21)10-15/h6-12,14H,1-5H3,(H,22,23)/t14-/m1/s1. The molecule has 0 saturated carbocycles. The van der Waals surface area contributed by atoms with Crippen LogP contribution in [0.15, 0.2) is 36.4 Å². The van der Waals surface area contributed by atoms with Crippen LogP contribution in [0.25, 0.3) is 0 Å². The number of aryl methyl sites for hydroxylation is 1. The molecule has 2 aromatic rings. The molecule has 0 bridgehead atoms. The fourth-order valence-corrected chi connectivity index (χ4v) is 2.99. The first-order valence-corrected chi connectivity index (χ1v) is 8.46. The molecule has 0 aliphatic heterocycles. The molecule has 1 atom stereocenters. The number of methoxy groups -OCH3 is 1. The van der Waals surface area contributed by atoms with Crippen LogP contribution in [0.4, 0.5) is 0 Å². The summed E-state index contributed by atoms with van der Waals surface area (Å²) < 4.78 is 5.48. The molecule has 24 heavy (non-hydrogen) atoms. The first kappa shape index (κ1) is 18.3. The van der Waals surface area contributed by atoms with Gasteiger partial charge in [0.05, 0.1) is 13.2 Å². The largest absolute Gasteiger partial charge is 0.496 e. The monoisotopic (exact) mass is 345 g/mol. The lowest BCUT2D eigenvalue weighted by Gasteiger charge is -2.21. The second-order valence-corrected chi connectivity index (χ2v) is 6.75. The first-order chi connectivity index (χ1) is 11.3. The molecule has 0 aliphatic carbocycles. The van der Waals surface area contributed by atoms with E-state index in [-0.39, 0.29) is 11.9 Å². The van der Waals surface area contributed by atoms with Crippen molar-refractivity contribution >= 4 is 17.5 Å². The van der Waals surface area contributed by atoms with Crippen molar-refractivity contribution in [2.75, 3.05) is 7.11 Å². The van der Waals surface area contributed by atoms with Crippen LogP contribution < -0.4 is 10.1 Å². The van der Waals surface area contributed by atoms with Crippen LogP contribution in [0.1, 0.15) is 59.8 Å². The van der Waals surface area contributed by atoms with E-state index in [9.17, 15) is 4.79 Å². The third kappa shape index (κ3) is 4.09. The molecule has 0 radical (unpaired) electrons. The number of benzene rings is 2. The molecular weight excluding hydrogens is 322 g/mol. The average Bonchev–Trinajstić information content (AvgIpc) is 2.53. The highest BCUT2D eigenvalue weighted by molar-refractivity contribution is 6.30. The number of amides is 1. The quantitative estimate of drug-likeness (QED) is 0.801. The summed E-state index contributed by atoms with van der Waals surface area (Å²) in [7, 11) is 1.69. The molecule has 1 N–H and O–H groups in total. The van der Waals surface area contributed by atoms with Crippen LogP contribution in [0.3, 0.4) is 0 Å². The number of carbonyl (C=O) groups is 1. The molecule has 0 unspecified atom stereocenters. The van der Waals surface area contributed by atoms with Gasteiger partial charge in [-0.1, -0.05) is 31.5 Å². The van der Waals surface area contributed by atoms with Gasteiger partial charge in [0, 0.05) is 10.6 Å². The van der Waals surface area contributed by atoms with Gasteiger partial charge in [0.2, 0.25) is 0 Å². The van der Waals surface area contributed by atoms with E-state index in [1.54, 1.807) is 31.4 Å². The molecule has 2 rings (SSSR count). The Labute approximate surface area is 149 Å². The maximum absolute atomic E-state index is 12.4. The molecule has 3 nitrogen and oxygen atoms in total. The van der Waals surface area contributed by atoms with Gasteiger partial charge in [-0.05, 0) is 66.8 Å².